The number of hydrogen-bond donors (Lipinski definition) is 1. The smallest absolute Gasteiger partial charge is 0.167 e. The van der Waals surface area contributed by atoms with E-state index in [1.54, 1.807) is 0 Å². The van der Waals surface area contributed by atoms with Gasteiger partial charge in [0, 0.05) is 18.5 Å². The first-order chi connectivity index (χ1) is 10.3. The van der Waals surface area contributed by atoms with Crippen LogP contribution in [0.5, 0.6) is 5.75 Å². The van der Waals surface area contributed by atoms with Crippen molar-refractivity contribution in [1.82, 2.24) is 0 Å². The van der Waals surface area contributed by atoms with Crippen LogP contribution in [0.15, 0.2) is 48.5 Å². The lowest BCUT2D eigenvalue weighted by molar-refractivity contribution is 0.0992. The Balaban J connectivity index is 1.69. The molecular weight excluding hydrogens is 262 g/mol. The van der Waals surface area contributed by atoms with Crippen molar-refractivity contribution in [3.8, 4) is 5.75 Å². The molecule has 21 heavy (non-hydrogen) atoms. The molecule has 0 aliphatic heterocycles. The molecule has 0 radical (unpaired) electrons. The minimum Gasteiger partial charge on any atom is -0.490 e. The molecule has 2 aromatic rings. The average molecular weight is 281 g/mol. The number of benzene rings is 2. The average Bonchev–Trinajstić information content (AvgIpc) is 3.32. The van der Waals surface area contributed by atoms with Crippen LogP contribution in [0, 0.1) is 0 Å². The van der Waals surface area contributed by atoms with E-state index in [0.29, 0.717) is 24.6 Å². The minimum absolute atomic E-state index is 0.105. The lowest BCUT2D eigenvalue weighted by Crippen LogP contribution is -2.08. The molecule has 1 aliphatic rings. The fraction of sp³-hybridized carbons (Fsp3) is 0.278. The monoisotopic (exact) mass is 281 g/mol. The first-order valence-electron chi connectivity index (χ1n) is 7.33. The molecule has 0 spiro atoms. The molecular formula is C18H19NO2. The fourth-order valence-electron chi connectivity index (χ4n) is 2.30. The normalized spacial score (nSPS) is 14.0. The molecule has 108 valence electrons. The molecule has 3 heteroatoms. The van der Waals surface area contributed by atoms with Crippen LogP contribution in [-0.2, 0) is 13.0 Å². The maximum Gasteiger partial charge on any atom is 0.167 e. The lowest BCUT2D eigenvalue weighted by Gasteiger charge is -2.08. The van der Waals surface area contributed by atoms with E-state index in [0.717, 1.165) is 29.7 Å². The van der Waals surface area contributed by atoms with E-state index in [1.807, 2.05) is 48.5 Å². The Morgan fingerprint density at radius 3 is 2.33 bits per heavy atom. The summed E-state index contributed by atoms with van der Waals surface area (Å²) in [5.41, 5.74) is 8.45. The van der Waals surface area contributed by atoms with Gasteiger partial charge >= 0.3 is 0 Å². The summed E-state index contributed by atoms with van der Waals surface area (Å²) in [7, 11) is 0. The Morgan fingerprint density at radius 2 is 1.71 bits per heavy atom. The van der Waals surface area contributed by atoms with Crippen LogP contribution in [-0.4, -0.2) is 11.9 Å². The largest absolute Gasteiger partial charge is 0.490 e. The molecule has 0 atom stereocenters. The third-order valence-electron chi connectivity index (χ3n) is 3.69. The number of ether oxygens (including phenoxy) is 1. The molecule has 2 N–H and O–H groups in total. The number of ketones is 1. The predicted octanol–water partition coefficient (Wildman–Crippen LogP) is 3.11. The van der Waals surface area contributed by atoms with Gasteiger partial charge in [-0.2, -0.15) is 0 Å². The first kappa shape index (κ1) is 13.8. The van der Waals surface area contributed by atoms with Crippen LogP contribution in [0.2, 0.25) is 0 Å². The van der Waals surface area contributed by atoms with Crippen molar-refractivity contribution in [2.45, 2.75) is 31.9 Å². The molecule has 3 nitrogen and oxygen atoms in total. The summed E-state index contributed by atoms with van der Waals surface area (Å²) in [6.45, 7) is 0.456. The van der Waals surface area contributed by atoms with E-state index in [2.05, 4.69) is 0 Å². The molecule has 0 heterocycles. The number of hydrogen-bond acceptors (Lipinski definition) is 3. The van der Waals surface area contributed by atoms with Crippen molar-refractivity contribution in [3.63, 3.8) is 0 Å². The molecule has 1 aliphatic carbocycles. The summed E-state index contributed by atoms with van der Waals surface area (Å²) in [6.07, 6.45) is 3.03. The zero-order valence-corrected chi connectivity index (χ0v) is 11.9. The maximum atomic E-state index is 12.3. The Labute approximate surface area is 124 Å². The van der Waals surface area contributed by atoms with Gasteiger partial charge in [0.05, 0.1) is 6.10 Å². The Bertz CT molecular complexity index is 630. The van der Waals surface area contributed by atoms with Crippen molar-refractivity contribution in [1.29, 1.82) is 0 Å². The van der Waals surface area contributed by atoms with Gasteiger partial charge < -0.3 is 10.5 Å². The van der Waals surface area contributed by atoms with Gasteiger partial charge in [0.1, 0.15) is 5.75 Å². The Kier molecular flexibility index (Phi) is 4.02. The zero-order valence-electron chi connectivity index (χ0n) is 11.9. The van der Waals surface area contributed by atoms with Gasteiger partial charge in [0.2, 0.25) is 0 Å². The molecule has 1 saturated carbocycles. The van der Waals surface area contributed by atoms with E-state index in [9.17, 15) is 4.79 Å². The van der Waals surface area contributed by atoms with Crippen LogP contribution in [0.1, 0.15) is 34.3 Å². The first-order valence-corrected chi connectivity index (χ1v) is 7.33. The van der Waals surface area contributed by atoms with E-state index in [-0.39, 0.29) is 5.78 Å². The molecule has 2 aromatic carbocycles. The Morgan fingerprint density at radius 1 is 1.05 bits per heavy atom. The van der Waals surface area contributed by atoms with Crippen LogP contribution < -0.4 is 10.5 Å². The van der Waals surface area contributed by atoms with Gasteiger partial charge in [-0.15, -0.1) is 0 Å². The summed E-state index contributed by atoms with van der Waals surface area (Å²) in [6, 6.07) is 15.2. The summed E-state index contributed by atoms with van der Waals surface area (Å²) in [5, 5.41) is 0. The highest BCUT2D eigenvalue weighted by atomic mass is 16.5. The van der Waals surface area contributed by atoms with E-state index < -0.39 is 0 Å². The maximum absolute atomic E-state index is 12.3. The SMILES string of the molecule is NCc1ccccc1CC(=O)c1ccc(OC2CC2)cc1. The van der Waals surface area contributed by atoms with Crippen molar-refractivity contribution < 1.29 is 9.53 Å². The quantitative estimate of drug-likeness (QED) is 0.828. The second-order valence-corrected chi connectivity index (χ2v) is 5.41. The highest BCUT2D eigenvalue weighted by Gasteiger charge is 2.23. The summed E-state index contributed by atoms with van der Waals surface area (Å²) < 4.78 is 5.69. The van der Waals surface area contributed by atoms with Crippen LogP contribution in [0.4, 0.5) is 0 Å². The van der Waals surface area contributed by atoms with Crippen molar-refractivity contribution in [2.24, 2.45) is 5.73 Å². The van der Waals surface area contributed by atoms with E-state index >= 15 is 0 Å². The number of carbonyl (C=O) groups excluding carboxylic acids is 1. The highest BCUT2D eigenvalue weighted by molar-refractivity contribution is 5.97. The second-order valence-electron chi connectivity index (χ2n) is 5.41. The highest BCUT2D eigenvalue weighted by Crippen LogP contribution is 2.26. The van der Waals surface area contributed by atoms with Gasteiger partial charge in [-0.25, -0.2) is 0 Å². The number of carbonyl (C=O) groups is 1. The van der Waals surface area contributed by atoms with Gasteiger partial charge in [0.15, 0.2) is 5.78 Å². The minimum atomic E-state index is 0.105. The van der Waals surface area contributed by atoms with Crippen LogP contribution in [0.3, 0.4) is 0 Å². The summed E-state index contributed by atoms with van der Waals surface area (Å²) in [5.74, 6) is 0.949. The van der Waals surface area contributed by atoms with Crippen LogP contribution in [0.25, 0.3) is 0 Å². The van der Waals surface area contributed by atoms with Crippen molar-refractivity contribution in [3.05, 3.63) is 65.2 Å². The van der Waals surface area contributed by atoms with E-state index in [1.165, 1.54) is 0 Å². The van der Waals surface area contributed by atoms with Crippen molar-refractivity contribution >= 4 is 5.78 Å². The predicted molar refractivity (Wildman–Crippen MR) is 82.5 cm³/mol. The molecule has 0 bridgehead atoms. The van der Waals surface area contributed by atoms with Gasteiger partial charge in [-0.05, 0) is 48.2 Å². The van der Waals surface area contributed by atoms with Gasteiger partial charge in [0.25, 0.3) is 0 Å². The third kappa shape index (κ3) is 3.50. The molecule has 0 unspecified atom stereocenters. The van der Waals surface area contributed by atoms with Gasteiger partial charge in [-0.3, -0.25) is 4.79 Å². The molecule has 0 saturated heterocycles. The van der Waals surface area contributed by atoms with E-state index in [4.69, 9.17) is 10.5 Å². The number of rotatable bonds is 6. The second kappa shape index (κ2) is 6.10. The third-order valence-corrected chi connectivity index (χ3v) is 3.69. The lowest BCUT2D eigenvalue weighted by atomic mass is 9.99. The molecule has 1 fully saturated rings. The number of Topliss-reactive ketones (excluding diaryl/α,β-unsaturated/α-hetero) is 1. The topological polar surface area (TPSA) is 52.3 Å². The van der Waals surface area contributed by atoms with Crippen LogP contribution >= 0.6 is 0 Å². The van der Waals surface area contributed by atoms with Gasteiger partial charge in [-0.1, -0.05) is 24.3 Å². The van der Waals surface area contributed by atoms with Crippen molar-refractivity contribution in [2.75, 3.05) is 0 Å². The fourth-order valence-corrected chi connectivity index (χ4v) is 2.30. The zero-order chi connectivity index (χ0) is 14.7. The molecule has 0 amide bonds. The summed E-state index contributed by atoms with van der Waals surface area (Å²) in [4.78, 5) is 12.3. The molecule has 0 aromatic heterocycles. The Hall–Kier alpha value is -2.13. The molecule has 3 rings (SSSR count). The summed E-state index contributed by atoms with van der Waals surface area (Å²) >= 11 is 0. The number of nitrogens with two attached hydrogens (primary N) is 1. The standard InChI is InChI=1S/C18H19NO2/c19-12-15-4-2-1-3-14(15)11-18(20)13-5-7-16(8-6-13)21-17-9-10-17/h1-8,17H,9-12,19H2.